The second-order valence-corrected chi connectivity index (χ2v) is 6.37. The topological polar surface area (TPSA) is 39.9 Å². The fraction of sp³-hybridized carbons (Fsp3) is 0.222. The SMILES string of the molecule is COc1cc(C(C)(C)c2cncn2-c2ccc(F)cn2)ccc1Cl. The van der Waals surface area contributed by atoms with Crippen molar-refractivity contribution in [1.82, 2.24) is 14.5 Å². The Morgan fingerprint density at radius 1 is 1.17 bits per heavy atom. The van der Waals surface area contributed by atoms with Crippen LogP contribution in [0.2, 0.25) is 5.02 Å². The van der Waals surface area contributed by atoms with Crippen molar-refractivity contribution >= 4 is 11.6 Å². The van der Waals surface area contributed by atoms with Crippen molar-refractivity contribution < 1.29 is 9.13 Å². The third kappa shape index (κ3) is 2.87. The lowest BCUT2D eigenvalue weighted by Crippen LogP contribution is -2.23. The molecule has 1 aromatic carbocycles. The van der Waals surface area contributed by atoms with Crippen molar-refractivity contribution in [1.29, 1.82) is 0 Å². The summed E-state index contributed by atoms with van der Waals surface area (Å²) >= 11 is 6.13. The van der Waals surface area contributed by atoms with Crippen molar-refractivity contribution in [3.05, 3.63) is 71.2 Å². The van der Waals surface area contributed by atoms with Gasteiger partial charge in [-0.2, -0.15) is 0 Å². The van der Waals surface area contributed by atoms with E-state index in [4.69, 9.17) is 16.3 Å². The molecule has 0 amide bonds. The molecule has 0 aliphatic carbocycles. The molecule has 3 rings (SSSR count). The van der Waals surface area contributed by atoms with Gasteiger partial charge in [0.05, 0.1) is 24.0 Å². The van der Waals surface area contributed by atoms with Crippen LogP contribution in [-0.4, -0.2) is 21.6 Å². The van der Waals surface area contributed by atoms with Crippen LogP contribution >= 0.6 is 11.6 Å². The van der Waals surface area contributed by atoms with E-state index in [0.717, 1.165) is 11.3 Å². The highest BCUT2D eigenvalue weighted by atomic mass is 35.5. The van der Waals surface area contributed by atoms with E-state index in [9.17, 15) is 4.39 Å². The highest BCUT2D eigenvalue weighted by molar-refractivity contribution is 6.32. The van der Waals surface area contributed by atoms with E-state index >= 15 is 0 Å². The first-order valence-corrected chi connectivity index (χ1v) is 7.80. The number of methoxy groups -OCH3 is 1. The standard InChI is InChI=1S/C18H17ClFN3O/c1-18(2,12-4-6-14(19)15(8-12)24-3)16-10-21-11-23(16)17-7-5-13(20)9-22-17/h4-11H,1-3H3. The summed E-state index contributed by atoms with van der Waals surface area (Å²) in [5.41, 5.74) is 1.56. The molecule has 0 atom stereocenters. The summed E-state index contributed by atoms with van der Waals surface area (Å²) < 4.78 is 20.3. The summed E-state index contributed by atoms with van der Waals surface area (Å²) in [6.45, 7) is 4.15. The number of imidazole rings is 1. The normalized spacial score (nSPS) is 11.5. The first-order valence-electron chi connectivity index (χ1n) is 7.42. The lowest BCUT2D eigenvalue weighted by Gasteiger charge is -2.27. The molecule has 4 nitrogen and oxygen atoms in total. The van der Waals surface area contributed by atoms with Gasteiger partial charge in [-0.25, -0.2) is 14.4 Å². The quantitative estimate of drug-likeness (QED) is 0.704. The zero-order valence-electron chi connectivity index (χ0n) is 13.6. The molecule has 124 valence electrons. The van der Waals surface area contributed by atoms with Gasteiger partial charge in [-0.05, 0) is 29.8 Å². The highest BCUT2D eigenvalue weighted by Crippen LogP contribution is 2.36. The zero-order valence-corrected chi connectivity index (χ0v) is 14.4. The van der Waals surface area contributed by atoms with E-state index in [1.54, 1.807) is 25.7 Å². The van der Waals surface area contributed by atoms with Gasteiger partial charge in [0.15, 0.2) is 0 Å². The molecule has 0 aliphatic heterocycles. The van der Waals surface area contributed by atoms with Gasteiger partial charge in [0.25, 0.3) is 0 Å². The Hall–Kier alpha value is -2.40. The van der Waals surface area contributed by atoms with Crippen molar-refractivity contribution in [3.8, 4) is 11.6 Å². The van der Waals surface area contributed by atoms with E-state index < -0.39 is 0 Å². The maximum Gasteiger partial charge on any atom is 0.141 e. The smallest absolute Gasteiger partial charge is 0.141 e. The molecule has 0 saturated heterocycles. The van der Waals surface area contributed by atoms with Gasteiger partial charge in [-0.3, -0.25) is 4.57 Å². The van der Waals surface area contributed by atoms with Crippen LogP contribution < -0.4 is 4.74 Å². The minimum atomic E-state index is -0.384. The first kappa shape index (κ1) is 16.5. The van der Waals surface area contributed by atoms with Crippen molar-refractivity contribution in [3.63, 3.8) is 0 Å². The van der Waals surface area contributed by atoms with E-state index in [-0.39, 0.29) is 11.2 Å². The molecule has 0 saturated carbocycles. The molecule has 2 heterocycles. The number of pyridine rings is 1. The summed E-state index contributed by atoms with van der Waals surface area (Å²) in [6.07, 6.45) is 4.65. The molecule has 0 N–H and O–H groups in total. The Bertz CT molecular complexity index is 859. The zero-order chi connectivity index (χ0) is 17.3. The number of halogens is 2. The number of aromatic nitrogens is 3. The fourth-order valence-electron chi connectivity index (χ4n) is 2.65. The Balaban J connectivity index is 2.08. The highest BCUT2D eigenvalue weighted by Gasteiger charge is 2.28. The van der Waals surface area contributed by atoms with Gasteiger partial charge in [0.1, 0.15) is 23.7 Å². The van der Waals surface area contributed by atoms with Crippen molar-refractivity contribution in [2.75, 3.05) is 7.11 Å². The average Bonchev–Trinajstić information content (AvgIpc) is 3.06. The number of ether oxygens (including phenoxy) is 1. The lowest BCUT2D eigenvalue weighted by molar-refractivity contribution is 0.413. The maximum absolute atomic E-state index is 13.1. The molecule has 0 bridgehead atoms. The van der Waals surface area contributed by atoms with Crippen LogP contribution in [-0.2, 0) is 5.41 Å². The molecule has 6 heteroatoms. The molecule has 0 spiro atoms. The van der Waals surface area contributed by atoms with Crippen molar-refractivity contribution in [2.24, 2.45) is 0 Å². The minimum absolute atomic E-state index is 0.373. The molecule has 24 heavy (non-hydrogen) atoms. The summed E-state index contributed by atoms with van der Waals surface area (Å²) in [5.74, 6) is 0.855. The minimum Gasteiger partial charge on any atom is -0.495 e. The molecule has 3 aromatic rings. The largest absolute Gasteiger partial charge is 0.495 e. The second kappa shape index (κ2) is 6.24. The molecular formula is C18H17ClFN3O. The third-order valence-corrected chi connectivity index (χ3v) is 4.42. The predicted octanol–water partition coefficient (Wildman–Crippen LogP) is 4.39. The monoisotopic (exact) mass is 345 g/mol. The van der Waals surface area contributed by atoms with Crippen LogP contribution in [0, 0.1) is 5.82 Å². The molecule has 0 radical (unpaired) electrons. The Morgan fingerprint density at radius 2 is 1.96 bits per heavy atom. The molecule has 0 unspecified atom stereocenters. The Labute approximate surface area is 144 Å². The van der Waals surface area contributed by atoms with Gasteiger partial charge in [-0.15, -0.1) is 0 Å². The van der Waals surface area contributed by atoms with Gasteiger partial charge >= 0.3 is 0 Å². The van der Waals surface area contributed by atoms with E-state index in [1.807, 2.05) is 22.8 Å². The number of benzene rings is 1. The van der Waals surface area contributed by atoms with Gasteiger partial charge in [0.2, 0.25) is 0 Å². The fourth-order valence-corrected chi connectivity index (χ4v) is 2.84. The van der Waals surface area contributed by atoms with E-state index in [2.05, 4.69) is 23.8 Å². The van der Waals surface area contributed by atoms with Gasteiger partial charge in [0, 0.05) is 11.6 Å². The molecule has 0 fully saturated rings. The van der Waals surface area contributed by atoms with Crippen LogP contribution in [0.5, 0.6) is 5.75 Å². The lowest BCUT2D eigenvalue weighted by atomic mass is 9.81. The van der Waals surface area contributed by atoms with Crippen LogP contribution in [0.4, 0.5) is 4.39 Å². The first-order chi connectivity index (χ1) is 11.4. The van der Waals surface area contributed by atoms with Gasteiger partial charge < -0.3 is 4.74 Å². The number of hydrogen-bond acceptors (Lipinski definition) is 3. The summed E-state index contributed by atoms with van der Waals surface area (Å²) in [7, 11) is 1.59. The van der Waals surface area contributed by atoms with Crippen molar-refractivity contribution in [2.45, 2.75) is 19.3 Å². The number of nitrogens with zero attached hydrogens (tertiary/aromatic N) is 3. The Kier molecular flexibility index (Phi) is 4.28. The number of rotatable bonds is 4. The molecule has 2 aromatic heterocycles. The van der Waals surface area contributed by atoms with Crippen LogP contribution in [0.3, 0.4) is 0 Å². The summed E-state index contributed by atoms with van der Waals surface area (Å²) in [4.78, 5) is 8.38. The third-order valence-electron chi connectivity index (χ3n) is 4.11. The average molecular weight is 346 g/mol. The predicted molar refractivity (Wildman–Crippen MR) is 91.4 cm³/mol. The van der Waals surface area contributed by atoms with E-state index in [0.29, 0.717) is 16.6 Å². The summed E-state index contributed by atoms with van der Waals surface area (Å²) in [5, 5.41) is 0.561. The van der Waals surface area contributed by atoms with Gasteiger partial charge in [-0.1, -0.05) is 31.5 Å². The molecule has 0 aliphatic rings. The van der Waals surface area contributed by atoms with E-state index in [1.165, 1.54) is 12.3 Å². The second-order valence-electron chi connectivity index (χ2n) is 5.96. The Morgan fingerprint density at radius 3 is 2.62 bits per heavy atom. The van der Waals surface area contributed by atoms with Crippen LogP contribution in [0.1, 0.15) is 25.1 Å². The molecular weight excluding hydrogens is 329 g/mol. The summed E-state index contributed by atoms with van der Waals surface area (Å²) in [6, 6.07) is 8.69. The number of hydrogen-bond donors (Lipinski definition) is 0. The van der Waals surface area contributed by atoms with Crippen LogP contribution in [0.25, 0.3) is 5.82 Å². The maximum atomic E-state index is 13.1. The van der Waals surface area contributed by atoms with Crippen LogP contribution in [0.15, 0.2) is 49.1 Å².